The predicted molar refractivity (Wildman–Crippen MR) is 91.6 cm³/mol. The molecule has 0 aromatic heterocycles. The van der Waals surface area contributed by atoms with E-state index in [9.17, 15) is 0 Å². The minimum absolute atomic E-state index is 0.591. The SMILES string of the molecule is CCOc1ccccc1/C=N/NCc1ccc(OC)c(OC)c1. The zero-order valence-electron chi connectivity index (χ0n) is 13.7. The highest BCUT2D eigenvalue weighted by Gasteiger charge is 2.04. The topological polar surface area (TPSA) is 52.1 Å². The van der Waals surface area contributed by atoms with E-state index in [4.69, 9.17) is 14.2 Å². The molecule has 0 aliphatic rings. The maximum Gasteiger partial charge on any atom is 0.161 e. The summed E-state index contributed by atoms with van der Waals surface area (Å²) in [5.41, 5.74) is 5.02. The van der Waals surface area contributed by atoms with E-state index in [-0.39, 0.29) is 0 Å². The molecule has 5 nitrogen and oxygen atoms in total. The summed E-state index contributed by atoms with van der Waals surface area (Å²) in [7, 11) is 3.24. The van der Waals surface area contributed by atoms with Crippen LogP contribution in [0, 0.1) is 0 Å². The molecule has 0 amide bonds. The number of para-hydroxylation sites is 1. The Hall–Kier alpha value is -2.69. The molecule has 0 saturated carbocycles. The minimum Gasteiger partial charge on any atom is -0.493 e. The van der Waals surface area contributed by atoms with Crippen molar-refractivity contribution in [2.45, 2.75) is 13.5 Å². The molecule has 2 aromatic carbocycles. The third kappa shape index (κ3) is 4.64. The molecule has 0 atom stereocenters. The van der Waals surface area contributed by atoms with E-state index in [1.165, 1.54) is 0 Å². The monoisotopic (exact) mass is 314 g/mol. The fourth-order valence-electron chi connectivity index (χ4n) is 2.12. The second kappa shape index (κ2) is 8.68. The zero-order valence-corrected chi connectivity index (χ0v) is 13.7. The molecule has 23 heavy (non-hydrogen) atoms. The van der Waals surface area contributed by atoms with Crippen LogP contribution in [0.1, 0.15) is 18.1 Å². The molecule has 2 rings (SSSR count). The van der Waals surface area contributed by atoms with Crippen LogP contribution in [-0.4, -0.2) is 27.0 Å². The first kappa shape index (κ1) is 16.7. The van der Waals surface area contributed by atoms with Crippen molar-refractivity contribution in [2.75, 3.05) is 20.8 Å². The van der Waals surface area contributed by atoms with Crippen LogP contribution in [0.25, 0.3) is 0 Å². The van der Waals surface area contributed by atoms with Gasteiger partial charge >= 0.3 is 0 Å². The summed E-state index contributed by atoms with van der Waals surface area (Å²) in [6, 6.07) is 13.6. The molecular formula is C18H22N2O3. The number of rotatable bonds is 8. The standard InChI is InChI=1S/C18H22N2O3/c1-4-23-16-8-6-5-7-15(16)13-20-19-12-14-9-10-17(21-2)18(11-14)22-3/h5-11,13,19H,4,12H2,1-3H3/b20-13+. The number of benzene rings is 2. The quantitative estimate of drug-likeness (QED) is 0.600. The van der Waals surface area contributed by atoms with E-state index in [2.05, 4.69) is 10.5 Å². The molecule has 0 heterocycles. The van der Waals surface area contributed by atoms with Crippen LogP contribution in [0.5, 0.6) is 17.2 Å². The summed E-state index contributed by atoms with van der Waals surface area (Å²) in [5, 5.41) is 4.25. The molecule has 0 unspecified atom stereocenters. The molecule has 0 radical (unpaired) electrons. The highest BCUT2D eigenvalue weighted by molar-refractivity contribution is 5.83. The maximum absolute atomic E-state index is 5.56. The van der Waals surface area contributed by atoms with E-state index < -0.39 is 0 Å². The van der Waals surface area contributed by atoms with Crippen LogP contribution in [0.3, 0.4) is 0 Å². The van der Waals surface area contributed by atoms with Gasteiger partial charge in [-0.1, -0.05) is 18.2 Å². The maximum atomic E-state index is 5.56. The summed E-state index contributed by atoms with van der Waals surface area (Å²) in [6.45, 7) is 3.18. The lowest BCUT2D eigenvalue weighted by molar-refractivity contribution is 0.340. The Balaban J connectivity index is 1.97. The Morgan fingerprint density at radius 2 is 1.78 bits per heavy atom. The van der Waals surface area contributed by atoms with Gasteiger partial charge in [-0.25, -0.2) is 0 Å². The van der Waals surface area contributed by atoms with Gasteiger partial charge < -0.3 is 19.6 Å². The third-order valence-corrected chi connectivity index (χ3v) is 3.24. The molecule has 2 aromatic rings. The largest absolute Gasteiger partial charge is 0.493 e. The van der Waals surface area contributed by atoms with Crippen molar-refractivity contribution in [2.24, 2.45) is 5.10 Å². The summed E-state index contributed by atoms with van der Waals surface area (Å²) in [5.74, 6) is 2.24. The van der Waals surface area contributed by atoms with Gasteiger partial charge in [0.05, 0.1) is 33.6 Å². The molecular weight excluding hydrogens is 292 g/mol. The van der Waals surface area contributed by atoms with E-state index in [0.29, 0.717) is 24.7 Å². The van der Waals surface area contributed by atoms with Crippen molar-refractivity contribution in [1.29, 1.82) is 0 Å². The van der Waals surface area contributed by atoms with Gasteiger partial charge in [0.15, 0.2) is 11.5 Å². The van der Waals surface area contributed by atoms with Crippen molar-refractivity contribution in [3.8, 4) is 17.2 Å². The third-order valence-electron chi connectivity index (χ3n) is 3.24. The lowest BCUT2D eigenvalue weighted by Gasteiger charge is -2.09. The van der Waals surface area contributed by atoms with Crippen molar-refractivity contribution in [1.82, 2.24) is 5.43 Å². The van der Waals surface area contributed by atoms with E-state index in [1.807, 2.05) is 49.4 Å². The first-order valence-electron chi connectivity index (χ1n) is 7.47. The molecule has 5 heteroatoms. The highest BCUT2D eigenvalue weighted by Crippen LogP contribution is 2.27. The number of methoxy groups -OCH3 is 2. The second-order valence-corrected chi connectivity index (χ2v) is 4.75. The second-order valence-electron chi connectivity index (χ2n) is 4.75. The molecule has 1 N–H and O–H groups in total. The summed E-state index contributed by atoms with van der Waals surface area (Å²) in [4.78, 5) is 0. The van der Waals surface area contributed by atoms with Crippen molar-refractivity contribution >= 4 is 6.21 Å². The number of nitrogens with zero attached hydrogens (tertiary/aromatic N) is 1. The Kier molecular flexibility index (Phi) is 6.29. The summed E-state index contributed by atoms with van der Waals surface area (Å²) in [6.07, 6.45) is 1.76. The Morgan fingerprint density at radius 1 is 1.00 bits per heavy atom. The van der Waals surface area contributed by atoms with Gasteiger partial charge in [-0.3, -0.25) is 0 Å². The zero-order chi connectivity index (χ0) is 16.5. The highest BCUT2D eigenvalue weighted by atomic mass is 16.5. The number of hydrogen-bond donors (Lipinski definition) is 1. The molecule has 0 aliphatic heterocycles. The fraction of sp³-hybridized carbons (Fsp3) is 0.278. The number of hydrazone groups is 1. The number of hydrogen-bond acceptors (Lipinski definition) is 5. The number of nitrogens with one attached hydrogen (secondary N) is 1. The van der Waals surface area contributed by atoms with Crippen LogP contribution in [0.15, 0.2) is 47.6 Å². The summed E-state index contributed by atoms with van der Waals surface area (Å²) >= 11 is 0. The molecule has 0 bridgehead atoms. The first-order chi connectivity index (χ1) is 11.3. The van der Waals surface area contributed by atoms with Crippen LogP contribution >= 0.6 is 0 Å². The normalized spacial score (nSPS) is 10.6. The molecule has 122 valence electrons. The van der Waals surface area contributed by atoms with E-state index in [1.54, 1.807) is 20.4 Å². The Bertz CT molecular complexity index is 656. The van der Waals surface area contributed by atoms with Gasteiger partial charge in [0, 0.05) is 5.56 Å². The van der Waals surface area contributed by atoms with Crippen molar-refractivity contribution in [3.05, 3.63) is 53.6 Å². The van der Waals surface area contributed by atoms with Gasteiger partial charge in [0.25, 0.3) is 0 Å². The van der Waals surface area contributed by atoms with Crippen LogP contribution in [-0.2, 0) is 6.54 Å². The number of ether oxygens (including phenoxy) is 3. The van der Waals surface area contributed by atoms with Crippen molar-refractivity contribution in [3.63, 3.8) is 0 Å². The van der Waals surface area contributed by atoms with Gasteiger partial charge in [0.2, 0.25) is 0 Å². The van der Waals surface area contributed by atoms with Gasteiger partial charge in [-0.05, 0) is 36.8 Å². The van der Waals surface area contributed by atoms with Gasteiger partial charge in [-0.15, -0.1) is 0 Å². The van der Waals surface area contributed by atoms with Crippen LogP contribution in [0.2, 0.25) is 0 Å². The van der Waals surface area contributed by atoms with Gasteiger partial charge in [-0.2, -0.15) is 5.10 Å². The predicted octanol–water partition coefficient (Wildman–Crippen LogP) is 3.23. The first-order valence-corrected chi connectivity index (χ1v) is 7.47. The average Bonchev–Trinajstić information content (AvgIpc) is 2.60. The lowest BCUT2D eigenvalue weighted by Crippen LogP contribution is -2.06. The van der Waals surface area contributed by atoms with E-state index in [0.717, 1.165) is 16.9 Å². The molecule has 0 fully saturated rings. The fourth-order valence-corrected chi connectivity index (χ4v) is 2.12. The molecule has 0 aliphatic carbocycles. The molecule has 0 saturated heterocycles. The Labute approximate surface area is 136 Å². The smallest absolute Gasteiger partial charge is 0.161 e. The minimum atomic E-state index is 0.591. The van der Waals surface area contributed by atoms with Crippen LogP contribution < -0.4 is 19.6 Å². The molecule has 0 spiro atoms. The van der Waals surface area contributed by atoms with Gasteiger partial charge in [0.1, 0.15) is 5.75 Å². The summed E-state index contributed by atoms with van der Waals surface area (Å²) < 4.78 is 16.1. The van der Waals surface area contributed by atoms with E-state index >= 15 is 0 Å². The van der Waals surface area contributed by atoms with Crippen LogP contribution in [0.4, 0.5) is 0 Å². The Morgan fingerprint density at radius 3 is 2.52 bits per heavy atom. The lowest BCUT2D eigenvalue weighted by atomic mass is 10.2. The van der Waals surface area contributed by atoms with Crippen molar-refractivity contribution < 1.29 is 14.2 Å². The average molecular weight is 314 g/mol.